The predicted octanol–water partition coefficient (Wildman–Crippen LogP) is 2.61. The first-order valence-corrected chi connectivity index (χ1v) is 7.66. The maximum Gasteiger partial charge on any atom is 0.307 e. The fourth-order valence-electron chi connectivity index (χ4n) is 4.16. The molecular formula is C17H21NO3. The lowest BCUT2D eigenvalue weighted by Gasteiger charge is -2.28. The van der Waals surface area contributed by atoms with Gasteiger partial charge in [-0.05, 0) is 43.6 Å². The van der Waals surface area contributed by atoms with Gasteiger partial charge < -0.3 is 10.4 Å². The second-order valence-electron chi connectivity index (χ2n) is 6.36. The number of nitrogens with one attached hydrogen (secondary N) is 1. The van der Waals surface area contributed by atoms with Gasteiger partial charge in [-0.25, -0.2) is 0 Å². The van der Waals surface area contributed by atoms with Crippen molar-refractivity contribution >= 4 is 11.9 Å². The van der Waals surface area contributed by atoms with Gasteiger partial charge >= 0.3 is 5.97 Å². The van der Waals surface area contributed by atoms with E-state index in [1.165, 1.54) is 0 Å². The molecule has 2 aliphatic carbocycles. The first-order valence-electron chi connectivity index (χ1n) is 7.66. The van der Waals surface area contributed by atoms with Crippen LogP contribution in [0.5, 0.6) is 0 Å². The summed E-state index contributed by atoms with van der Waals surface area (Å²) >= 11 is 0. The van der Waals surface area contributed by atoms with Crippen molar-refractivity contribution in [2.24, 2.45) is 23.7 Å². The van der Waals surface area contributed by atoms with Gasteiger partial charge in [0, 0.05) is 0 Å². The summed E-state index contributed by atoms with van der Waals surface area (Å²) in [4.78, 5) is 24.0. The summed E-state index contributed by atoms with van der Waals surface area (Å²) < 4.78 is 0. The van der Waals surface area contributed by atoms with Gasteiger partial charge in [-0.15, -0.1) is 0 Å². The molecule has 2 N–H and O–H groups in total. The highest BCUT2D eigenvalue weighted by Crippen LogP contribution is 2.52. The summed E-state index contributed by atoms with van der Waals surface area (Å²) in [6.07, 6.45) is 2.85. The van der Waals surface area contributed by atoms with E-state index in [-0.39, 0.29) is 29.7 Å². The molecule has 3 rings (SSSR count). The number of carboxylic acid groups (broad SMARTS) is 1. The van der Waals surface area contributed by atoms with Crippen molar-refractivity contribution in [3.63, 3.8) is 0 Å². The maximum atomic E-state index is 12.6. The number of amides is 1. The molecule has 2 aliphatic rings. The predicted molar refractivity (Wildman–Crippen MR) is 78.4 cm³/mol. The van der Waals surface area contributed by atoms with E-state index in [2.05, 4.69) is 5.32 Å². The number of carboxylic acids is 1. The Morgan fingerprint density at radius 1 is 1.14 bits per heavy atom. The van der Waals surface area contributed by atoms with Crippen molar-refractivity contribution in [2.45, 2.75) is 32.2 Å². The molecular weight excluding hydrogens is 266 g/mol. The summed E-state index contributed by atoms with van der Waals surface area (Å²) in [7, 11) is 0. The standard InChI is InChI=1S/C17H21NO3/c1-10(11-5-3-2-4-6-11)18-16(19)14-12-7-8-13(9-12)15(14)17(20)21/h2-6,10,12-15H,7-9H2,1H3,(H,18,19)(H,20,21)/t10-,12-,13-,14-,15-/m0/s1. The first kappa shape index (κ1) is 14.1. The molecule has 0 aliphatic heterocycles. The summed E-state index contributed by atoms with van der Waals surface area (Å²) in [5, 5.41) is 12.4. The summed E-state index contributed by atoms with van der Waals surface area (Å²) in [5.41, 5.74) is 1.04. The highest BCUT2D eigenvalue weighted by atomic mass is 16.4. The number of carbonyl (C=O) groups excluding carboxylic acids is 1. The molecule has 5 atom stereocenters. The van der Waals surface area contributed by atoms with Crippen LogP contribution in [-0.2, 0) is 9.59 Å². The molecule has 4 nitrogen and oxygen atoms in total. The van der Waals surface area contributed by atoms with Gasteiger partial charge in [-0.1, -0.05) is 30.3 Å². The van der Waals surface area contributed by atoms with Gasteiger partial charge in [0.15, 0.2) is 0 Å². The fourth-order valence-corrected chi connectivity index (χ4v) is 4.16. The third-order valence-electron chi connectivity index (χ3n) is 5.16. The molecule has 0 aromatic heterocycles. The second-order valence-corrected chi connectivity index (χ2v) is 6.36. The summed E-state index contributed by atoms with van der Waals surface area (Å²) in [5.74, 6) is -1.31. The average molecular weight is 287 g/mol. The number of hydrogen-bond acceptors (Lipinski definition) is 2. The lowest BCUT2D eigenvalue weighted by atomic mass is 9.78. The van der Waals surface area contributed by atoms with Gasteiger partial charge in [-0.3, -0.25) is 9.59 Å². The lowest BCUT2D eigenvalue weighted by Crippen LogP contribution is -2.42. The molecule has 2 saturated carbocycles. The Balaban J connectivity index is 1.72. The zero-order chi connectivity index (χ0) is 15.0. The number of hydrogen-bond donors (Lipinski definition) is 2. The SMILES string of the molecule is C[C@H](NC(=O)[C@H]1[C@H]2CC[C@@H](C2)[C@@H]1C(=O)O)c1ccccc1. The minimum Gasteiger partial charge on any atom is -0.481 e. The molecule has 112 valence electrons. The van der Waals surface area contributed by atoms with E-state index >= 15 is 0 Å². The van der Waals surface area contributed by atoms with Crippen LogP contribution in [0.4, 0.5) is 0 Å². The van der Waals surface area contributed by atoms with E-state index in [1.807, 2.05) is 37.3 Å². The summed E-state index contributed by atoms with van der Waals surface area (Å²) in [6.45, 7) is 1.94. The Labute approximate surface area is 124 Å². The molecule has 2 fully saturated rings. The molecule has 4 heteroatoms. The molecule has 0 heterocycles. The minimum atomic E-state index is -0.810. The molecule has 1 aromatic carbocycles. The van der Waals surface area contributed by atoms with Gasteiger partial charge in [0.2, 0.25) is 5.91 Å². The highest BCUT2D eigenvalue weighted by Gasteiger charge is 2.54. The van der Waals surface area contributed by atoms with Crippen LogP contribution in [0.25, 0.3) is 0 Å². The number of aliphatic carboxylic acids is 1. The number of benzene rings is 1. The van der Waals surface area contributed by atoms with Crippen molar-refractivity contribution in [1.29, 1.82) is 0 Å². The Kier molecular flexibility index (Phi) is 3.70. The molecule has 0 radical (unpaired) electrons. The topological polar surface area (TPSA) is 66.4 Å². The lowest BCUT2D eigenvalue weighted by molar-refractivity contribution is -0.149. The molecule has 0 spiro atoms. The van der Waals surface area contributed by atoms with Crippen LogP contribution >= 0.6 is 0 Å². The number of rotatable bonds is 4. The molecule has 0 unspecified atom stereocenters. The normalized spacial score (nSPS) is 31.9. The largest absolute Gasteiger partial charge is 0.481 e. The third kappa shape index (κ3) is 2.55. The molecule has 0 saturated heterocycles. The number of fused-ring (bicyclic) bond motifs is 2. The molecule has 21 heavy (non-hydrogen) atoms. The van der Waals surface area contributed by atoms with Gasteiger partial charge in [0.05, 0.1) is 17.9 Å². The van der Waals surface area contributed by atoms with Gasteiger partial charge in [-0.2, -0.15) is 0 Å². The van der Waals surface area contributed by atoms with Crippen LogP contribution in [0.3, 0.4) is 0 Å². The highest BCUT2D eigenvalue weighted by molar-refractivity contribution is 5.86. The zero-order valence-electron chi connectivity index (χ0n) is 12.2. The van der Waals surface area contributed by atoms with E-state index in [4.69, 9.17) is 0 Å². The average Bonchev–Trinajstić information content (AvgIpc) is 3.08. The van der Waals surface area contributed by atoms with E-state index in [0.717, 1.165) is 24.8 Å². The van der Waals surface area contributed by atoms with E-state index in [9.17, 15) is 14.7 Å². The Morgan fingerprint density at radius 2 is 1.76 bits per heavy atom. The quantitative estimate of drug-likeness (QED) is 0.894. The van der Waals surface area contributed by atoms with Gasteiger partial charge in [0.1, 0.15) is 0 Å². The number of carbonyl (C=O) groups is 2. The van der Waals surface area contributed by atoms with Gasteiger partial charge in [0.25, 0.3) is 0 Å². The maximum absolute atomic E-state index is 12.6. The van der Waals surface area contributed by atoms with Crippen LogP contribution in [0.15, 0.2) is 30.3 Å². The summed E-state index contributed by atoms with van der Waals surface area (Å²) in [6, 6.07) is 9.67. The van der Waals surface area contributed by atoms with Crippen molar-refractivity contribution in [1.82, 2.24) is 5.32 Å². The van der Waals surface area contributed by atoms with Crippen LogP contribution in [0.1, 0.15) is 37.8 Å². The third-order valence-corrected chi connectivity index (χ3v) is 5.16. The van der Waals surface area contributed by atoms with E-state index < -0.39 is 11.9 Å². The Morgan fingerprint density at radius 3 is 2.38 bits per heavy atom. The molecule has 2 bridgehead atoms. The Hall–Kier alpha value is -1.84. The zero-order valence-corrected chi connectivity index (χ0v) is 12.2. The smallest absolute Gasteiger partial charge is 0.307 e. The van der Waals surface area contributed by atoms with Crippen LogP contribution < -0.4 is 5.32 Å². The van der Waals surface area contributed by atoms with E-state index in [0.29, 0.717) is 0 Å². The van der Waals surface area contributed by atoms with Crippen LogP contribution in [0.2, 0.25) is 0 Å². The monoisotopic (exact) mass is 287 g/mol. The van der Waals surface area contributed by atoms with Crippen molar-refractivity contribution in [3.8, 4) is 0 Å². The van der Waals surface area contributed by atoms with Crippen molar-refractivity contribution < 1.29 is 14.7 Å². The molecule has 1 amide bonds. The minimum absolute atomic E-state index is 0.0905. The molecule has 1 aromatic rings. The fraction of sp³-hybridized carbons (Fsp3) is 0.529. The van der Waals surface area contributed by atoms with Crippen LogP contribution in [0, 0.1) is 23.7 Å². The second kappa shape index (κ2) is 5.51. The van der Waals surface area contributed by atoms with Crippen LogP contribution in [-0.4, -0.2) is 17.0 Å². The van der Waals surface area contributed by atoms with E-state index in [1.54, 1.807) is 0 Å². The van der Waals surface area contributed by atoms with Crippen molar-refractivity contribution in [2.75, 3.05) is 0 Å². The Bertz CT molecular complexity index is 542. The van der Waals surface area contributed by atoms with Crippen molar-refractivity contribution in [3.05, 3.63) is 35.9 Å². The first-order chi connectivity index (χ1) is 10.1.